The first-order valence-corrected chi connectivity index (χ1v) is 11.7. The molecule has 0 aliphatic heterocycles. The third-order valence-electron chi connectivity index (χ3n) is 4.87. The molecule has 30 heavy (non-hydrogen) atoms. The molecule has 7 heteroatoms. The van der Waals surface area contributed by atoms with E-state index in [4.69, 9.17) is 4.42 Å². The van der Waals surface area contributed by atoms with Crippen molar-refractivity contribution in [3.8, 4) is 11.5 Å². The molecule has 0 bridgehead atoms. The van der Waals surface area contributed by atoms with E-state index < -0.39 is 0 Å². The van der Waals surface area contributed by atoms with Gasteiger partial charge < -0.3 is 9.73 Å². The van der Waals surface area contributed by atoms with Gasteiger partial charge in [-0.15, -0.1) is 21.5 Å². The summed E-state index contributed by atoms with van der Waals surface area (Å²) in [6.45, 7) is 4.35. The number of thiophene rings is 2. The number of hydrogen-bond donors (Lipinski definition) is 1. The average Bonchev–Trinajstić information content (AvgIpc) is 3.52. The van der Waals surface area contributed by atoms with Gasteiger partial charge in [0.05, 0.1) is 6.04 Å². The molecule has 1 aromatic carbocycles. The van der Waals surface area contributed by atoms with Crippen LogP contribution in [0.4, 0.5) is 0 Å². The van der Waals surface area contributed by atoms with E-state index in [9.17, 15) is 4.79 Å². The number of rotatable bonds is 8. The van der Waals surface area contributed by atoms with Gasteiger partial charge in [0.25, 0.3) is 0 Å². The largest absolute Gasteiger partial charge is 0.421 e. The summed E-state index contributed by atoms with van der Waals surface area (Å²) in [6, 6.07) is 14.3. The summed E-state index contributed by atoms with van der Waals surface area (Å²) in [5.41, 5.74) is 3.27. The lowest BCUT2D eigenvalue weighted by Gasteiger charge is -2.19. The van der Waals surface area contributed by atoms with Gasteiger partial charge in [0, 0.05) is 28.7 Å². The molecule has 0 saturated carbocycles. The van der Waals surface area contributed by atoms with Crippen LogP contribution in [0.3, 0.4) is 0 Å². The molecule has 0 aliphatic rings. The van der Waals surface area contributed by atoms with Crippen molar-refractivity contribution in [2.24, 2.45) is 0 Å². The molecule has 1 unspecified atom stereocenters. The Morgan fingerprint density at radius 1 is 1.07 bits per heavy atom. The molecule has 0 radical (unpaired) electrons. The van der Waals surface area contributed by atoms with Crippen molar-refractivity contribution >= 4 is 28.6 Å². The fraction of sp³-hybridized carbons (Fsp3) is 0.261. The minimum atomic E-state index is -0.164. The Balaban J connectivity index is 1.42. The van der Waals surface area contributed by atoms with Gasteiger partial charge in [0.1, 0.15) is 0 Å². The van der Waals surface area contributed by atoms with Gasteiger partial charge in [-0.2, -0.15) is 11.3 Å². The number of nitrogens with one attached hydrogen (secondary N) is 1. The number of amides is 1. The van der Waals surface area contributed by atoms with Crippen LogP contribution < -0.4 is 5.32 Å². The van der Waals surface area contributed by atoms with Crippen molar-refractivity contribution in [2.75, 3.05) is 0 Å². The number of nitrogens with zero attached hydrogens (tertiary/aromatic N) is 2. The molecule has 4 rings (SSSR count). The summed E-state index contributed by atoms with van der Waals surface area (Å²) in [4.78, 5) is 13.8. The first-order chi connectivity index (χ1) is 14.6. The van der Waals surface area contributed by atoms with Crippen LogP contribution in [0.25, 0.3) is 11.5 Å². The van der Waals surface area contributed by atoms with Crippen molar-refractivity contribution < 1.29 is 9.21 Å². The molecule has 1 N–H and O–H groups in total. The van der Waals surface area contributed by atoms with Crippen LogP contribution in [0.15, 0.2) is 63.0 Å². The Hall–Kier alpha value is -2.77. The highest BCUT2D eigenvalue weighted by Gasteiger charge is 2.19. The van der Waals surface area contributed by atoms with Crippen molar-refractivity contribution in [3.05, 3.63) is 80.5 Å². The van der Waals surface area contributed by atoms with Crippen LogP contribution in [0.5, 0.6) is 0 Å². The number of carbonyl (C=O) groups is 1. The maximum atomic E-state index is 12.7. The Bertz CT molecular complexity index is 1070. The van der Waals surface area contributed by atoms with Crippen LogP contribution in [0.1, 0.15) is 54.1 Å². The van der Waals surface area contributed by atoms with Crippen LogP contribution in [0.2, 0.25) is 0 Å². The summed E-state index contributed by atoms with van der Waals surface area (Å²) in [5.74, 6) is 1.40. The highest BCUT2D eigenvalue weighted by molar-refractivity contribution is 7.10. The second-order valence-corrected chi connectivity index (χ2v) is 9.11. The van der Waals surface area contributed by atoms with Crippen molar-refractivity contribution in [1.29, 1.82) is 0 Å². The SMILES string of the molecule is CC(C)c1ccc(C(NC(=O)CCc2nnc(-c3ccsc3)o2)c2cccs2)cc1. The summed E-state index contributed by atoms with van der Waals surface area (Å²) < 4.78 is 5.68. The summed E-state index contributed by atoms with van der Waals surface area (Å²) in [7, 11) is 0. The van der Waals surface area contributed by atoms with Gasteiger partial charge in [0.15, 0.2) is 0 Å². The second kappa shape index (κ2) is 9.36. The van der Waals surface area contributed by atoms with Gasteiger partial charge in [-0.25, -0.2) is 0 Å². The van der Waals surface area contributed by atoms with Crippen LogP contribution in [-0.4, -0.2) is 16.1 Å². The lowest BCUT2D eigenvalue weighted by atomic mass is 9.98. The standard InChI is InChI=1S/C23H23N3O2S2/c1-15(2)16-5-7-17(8-6-16)22(19-4-3-12-30-19)24-20(27)9-10-21-25-26-23(28-21)18-11-13-29-14-18/h3-8,11-15,22H,9-10H2,1-2H3,(H,24,27). The van der Waals surface area contributed by atoms with Crippen molar-refractivity contribution in [3.63, 3.8) is 0 Å². The van der Waals surface area contributed by atoms with E-state index >= 15 is 0 Å². The Kier molecular flexibility index (Phi) is 6.40. The van der Waals surface area contributed by atoms with Gasteiger partial charge in [-0.1, -0.05) is 44.2 Å². The zero-order valence-electron chi connectivity index (χ0n) is 16.9. The monoisotopic (exact) mass is 437 g/mol. The van der Waals surface area contributed by atoms with E-state index in [1.54, 1.807) is 22.7 Å². The smallest absolute Gasteiger partial charge is 0.248 e. The molecule has 0 saturated heterocycles. The number of benzene rings is 1. The van der Waals surface area contributed by atoms with Crippen molar-refractivity contribution in [1.82, 2.24) is 15.5 Å². The van der Waals surface area contributed by atoms with E-state index in [0.717, 1.165) is 16.0 Å². The molecule has 154 valence electrons. The van der Waals surface area contributed by atoms with E-state index in [2.05, 4.69) is 59.7 Å². The quantitative estimate of drug-likeness (QED) is 0.377. The van der Waals surface area contributed by atoms with Gasteiger partial charge in [-0.05, 0) is 39.9 Å². The predicted molar refractivity (Wildman–Crippen MR) is 121 cm³/mol. The normalized spacial score (nSPS) is 12.2. The summed E-state index contributed by atoms with van der Waals surface area (Å²) >= 11 is 3.22. The molecule has 4 aromatic rings. The van der Waals surface area contributed by atoms with Gasteiger partial charge >= 0.3 is 0 Å². The Morgan fingerprint density at radius 3 is 2.53 bits per heavy atom. The zero-order valence-corrected chi connectivity index (χ0v) is 18.5. The number of aromatic nitrogens is 2. The van der Waals surface area contributed by atoms with E-state index in [-0.39, 0.29) is 18.4 Å². The molecule has 0 spiro atoms. The lowest BCUT2D eigenvalue weighted by Crippen LogP contribution is -2.29. The molecular weight excluding hydrogens is 414 g/mol. The van der Waals surface area contributed by atoms with E-state index in [0.29, 0.717) is 24.1 Å². The maximum absolute atomic E-state index is 12.7. The van der Waals surface area contributed by atoms with E-state index in [1.807, 2.05) is 28.3 Å². The van der Waals surface area contributed by atoms with Crippen molar-refractivity contribution in [2.45, 2.75) is 38.6 Å². The minimum absolute atomic E-state index is 0.0448. The molecule has 1 atom stereocenters. The number of carbonyl (C=O) groups excluding carboxylic acids is 1. The first-order valence-electron chi connectivity index (χ1n) is 9.87. The fourth-order valence-corrected chi connectivity index (χ4v) is 4.59. The molecular formula is C23H23N3O2S2. The van der Waals surface area contributed by atoms with Gasteiger partial charge in [0.2, 0.25) is 17.7 Å². The highest BCUT2D eigenvalue weighted by atomic mass is 32.1. The predicted octanol–water partition coefficient (Wildman–Crippen LogP) is 5.82. The maximum Gasteiger partial charge on any atom is 0.248 e. The zero-order chi connectivity index (χ0) is 20.9. The van der Waals surface area contributed by atoms with Crippen LogP contribution >= 0.6 is 22.7 Å². The summed E-state index contributed by atoms with van der Waals surface area (Å²) in [6.07, 6.45) is 0.698. The lowest BCUT2D eigenvalue weighted by molar-refractivity contribution is -0.121. The second-order valence-electron chi connectivity index (χ2n) is 7.35. The first kappa shape index (κ1) is 20.5. The van der Waals surface area contributed by atoms with Crippen LogP contribution in [-0.2, 0) is 11.2 Å². The summed E-state index contributed by atoms with van der Waals surface area (Å²) in [5, 5.41) is 17.3. The molecule has 0 fully saturated rings. The van der Waals surface area contributed by atoms with Gasteiger partial charge in [-0.3, -0.25) is 4.79 Å². The van der Waals surface area contributed by atoms with Crippen LogP contribution in [0, 0.1) is 0 Å². The number of aryl methyl sites for hydroxylation is 1. The highest BCUT2D eigenvalue weighted by Crippen LogP contribution is 2.28. The average molecular weight is 438 g/mol. The fourth-order valence-electron chi connectivity index (χ4n) is 3.16. The Labute approximate surface area is 183 Å². The van der Waals surface area contributed by atoms with E-state index in [1.165, 1.54) is 5.56 Å². The molecule has 0 aliphatic carbocycles. The molecule has 5 nitrogen and oxygen atoms in total. The third-order valence-corrected chi connectivity index (χ3v) is 6.49. The number of hydrogen-bond acceptors (Lipinski definition) is 6. The minimum Gasteiger partial charge on any atom is -0.421 e. The molecule has 3 aromatic heterocycles. The molecule has 3 heterocycles. The molecule has 1 amide bonds. The Morgan fingerprint density at radius 2 is 1.87 bits per heavy atom. The third kappa shape index (κ3) is 4.86. The topological polar surface area (TPSA) is 68.0 Å².